The molecule has 5 aromatic rings. The van der Waals surface area contributed by atoms with Crippen LogP contribution < -0.4 is 10.2 Å². The Hall–Kier alpha value is -4.93. The number of likely N-dealkylation sites (tertiary alicyclic amines) is 1. The van der Waals surface area contributed by atoms with Gasteiger partial charge in [-0.1, -0.05) is 18.2 Å². The number of alkyl halides is 2. The Morgan fingerprint density at radius 2 is 1.75 bits per heavy atom. The molecular formula is C38H37F3N5O7PS2. The third-order valence-corrected chi connectivity index (χ3v) is 12.3. The first kappa shape index (κ1) is 40.7. The number of thiophene rings is 1. The van der Waals surface area contributed by atoms with Gasteiger partial charge in [0, 0.05) is 73.1 Å². The van der Waals surface area contributed by atoms with Crippen molar-refractivity contribution in [3.05, 3.63) is 106 Å². The van der Waals surface area contributed by atoms with Crippen molar-refractivity contribution in [3.8, 4) is 10.6 Å². The second kappa shape index (κ2) is 16.7. The molecule has 4 amide bonds. The monoisotopic (exact) mass is 827 g/mol. The van der Waals surface area contributed by atoms with E-state index in [2.05, 4.69) is 10.3 Å². The smallest absolute Gasteiger partial charge is 0.349 e. The third-order valence-electron chi connectivity index (χ3n) is 9.40. The highest BCUT2D eigenvalue weighted by molar-refractivity contribution is 7.52. The molecule has 56 heavy (non-hydrogen) atoms. The summed E-state index contributed by atoms with van der Waals surface area (Å²) in [7, 11) is -2.61. The maximum atomic E-state index is 14.5. The number of amides is 4. The van der Waals surface area contributed by atoms with E-state index in [1.807, 2.05) is 17.5 Å². The lowest BCUT2D eigenvalue weighted by Gasteiger charge is -2.33. The molecule has 1 saturated heterocycles. The van der Waals surface area contributed by atoms with Gasteiger partial charge in [0.25, 0.3) is 5.91 Å². The molecule has 2 unspecified atom stereocenters. The number of fused-ring (bicyclic) bond motifs is 1. The standard InChI is InChI=1S/C38H37F3N5O7PS2/c1-44(2)33(47)15-18-45(28-12-7-24(8-13-28)35-42-16-19-55-35)37(50)30-4-3-17-46(30)36(49)29(20-23-5-10-27(39)11-6-23)43-34(48)32-22-25-21-26(9-14-31(25)56-32)38(40,41)54(51,52)53/h5-14,16,19,21-22,29-30H,3-4,15,17-18,20H2,1-2H3,(H,43,48)(H2,51,52,53). The van der Waals surface area contributed by atoms with E-state index in [-0.39, 0.29) is 42.1 Å². The number of nitrogens with one attached hydrogen (secondary N) is 1. The predicted molar refractivity (Wildman–Crippen MR) is 207 cm³/mol. The van der Waals surface area contributed by atoms with Crippen LogP contribution in [0.15, 0.2) is 84.4 Å². The van der Waals surface area contributed by atoms with Gasteiger partial charge in [0.15, 0.2) is 0 Å². The lowest BCUT2D eigenvalue weighted by molar-refractivity contribution is -0.139. The number of rotatable bonds is 13. The first-order chi connectivity index (χ1) is 26.5. The molecule has 294 valence electrons. The first-order valence-electron chi connectivity index (χ1n) is 17.4. The van der Waals surface area contributed by atoms with Gasteiger partial charge in [-0.3, -0.25) is 23.7 Å². The molecule has 12 nitrogen and oxygen atoms in total. The number of carbonyl (C=O) groups excluding carboxylic acids is 4. The topological polar surface area (TPSA) is 160 Å². The summed E-state index contributed by atoms with van der Waals surface area (Å²) in [5, 5.41) is 5.50. The van der Waals surface area contributed by atoms with Crippen molar-refractivity contribution in [2.45, 2.75) is 43.4 Å². The fraction of sp³-hybridized carbons (Fsp3) is 0.289. The molecule has 1 aliphatic heterocycles. The number of carbonyl (C=O) groups is 4. The largest absolute Gasteiger partial charge is 0.399 e. The minimum Gasteiger partial charge on any atom is -0.349 e. The summed E-state index contributed by atoms with van der Waals surface area (Å²) in [5.74, 6) is -2.43. The number of benzene rings is 3. The van der Waals surface area contributed by atoms with Gasteiger partial charge in [0.05, 0.1) is 4.88 Å². The Morgan fingerprint density at radius 3 is 2.39 bits per heavy atom. The molecule has 1 fully saturated rings. The second-order valence-corrected chi connectivity index (χ2v) is 17.0. The van der Waals surface area contributed by atoms with Gasteiger partial charge in [-0.2, -0.15) is 8.78 Å². The highest BCUT2D eigenvalue weighted by Gasteiger charge is 2.50. The second-order valence-electron chi connectivity index (χ2n) is 13.4. The molecule has 0 radical (unpaired) electrons. The number of nitrogens with zero attached hydrogens (tertiary/aromatic N) is 4. The molecule has 0 spiro atoms. The number of hydrogen-bond donors (Lipinski definition) is 3. The highest BCUT2D eigenvalue weighted by atomic mass is 32.1. The molecule has 0 saturated carbocycles. The Labute approximate surface area is 327 Å². The van der Waals surface area contributed by atoms with Crippen LogP contribution in [0.4, 0.5) is 18.9 Å². The lowest BCUT2D eigenvalue weighted by Crippen LogP contribution is -2.55. The third kappa shape index (κ3) is 8.87. The van der Waals surface area contributed by atoms with Gasteiger partial charge in [-0.05, 0) is 78.4 Å². The van der Waals surface area contributed by atoms with Crippen LogP contribution >= 0.6 is 30.3 Å². The number of halogens is 3. The molecule has 1 aliphatic rings. The van der Waals surface area contributed by atoms with Crippen molar-refractivity contribution in [2.24, 2.45) is 0 Å². The number of anilines is 1. The molecule has 6 rings (SSSR count). The molecule has 0 bridgehead atoms. The van der Waals surface area contributed by atoms with Crippen molar-refractivity contribution in [2.75, 3.05) is 32.1 Å². The zero-order valence-electron chi connectivity index (χ0n) is 30.1. The van der Waals surface area contributed by atoms with Crippen LogP contribution in [0.3, 0.4) is 0 Å². The van der Waals surface area contributed by atoms with E-state index in [1.165, 1.54) is 62.4 Å². The van der Waals surface area contributed by atoms with Crippen LogP contribution in [0.1, 0.15) is 40.1 Å². The highest BCUT2D eigenvalue weighted by Crippen LogP contribution is 2.59. The van der Waals surface area contributed by atoms with Crippen LogP contribution in [-0.4, -0.2) is 87.5 Å². The minimum absolute atomic E-state index is 0.0184. The van der Waals surface area contributed by atoms with Crippen molar-refractivity contribution >= 4 is 69.7 Å². The first-order valence-corrected chi connectivity index (χ1v) is 20.7. The van der Waals surface area contributed by atoms with Gasteiger partial charge in [0.2, 0.25) is 17.7 Å². The van der Waals surface area contributed by atoms with Gasteiger partial charge in [0.1, 0.15) is 22.9 Å². The van der Waals surface area contributed by atoms with E-state index < -0.39 is 54.4 Å². The number of thiazole rings is 1. The number of aromatic nitrogens is 1. The van der Waals surface area contributed by atoms with Crippen LogP contribution in [0, 0.1) is 5.82 Å². The average Bonchev–Trinajstić information content (AvgIpc) is 3.96. The van der Waals surface area contributed by atoms with Crippen LogP contribution in [0.2, 0.25) is 0 Å². The van der Waals surface area contributed by atoms with Gasteiger partial charge in [-0.25, -0.2) is 9.37 Å². The summed E-state index contributed by atoms with van der Waals surface area (Å²) in [4.78, 5) is 82.4. The predicted octanol–water partition coefficient (Wildman–Crippen LogP) is 6.23. The van der Waals surface area contributed by atoms with E-state index in [0.29, 0.717) is 28.8 Å². The molecule has 3 heterocycles. The molecule has 2 aromatic heterocycles. The van der Waals surface area contributed by atoms with Crippen molar-refractivity contribution < 1.29 is 46.7 Å². The number of hydrogen-bond acceptors (Lipinski definition) is 8. The molecule has 2 atom stereocenters. The summed E-state index contributed by atoms with van der Waals surface area (Å²) in [6, 6.07) is 14.6. The molecule has 0 aliphatic carbocycles. The normalized spacial score (nSPS) is 15.1. The van der Waals surface area contributed by atoms with Gasteiger partial charge in [-0.15, -0.1) is 22.7 Å². The zero-order chi connectivity index (χ0) is 40.4. The molecular weight excluding hydrogens is 791 g/mol. The van der Waals surface area contributed by atoms with Crippen molar-refractivity contribution in [3.63, 3.8) is 0 Å². The Kier molecular flexibility index (Phi) is 12.1. The Morgan fingerprint density at radius 1 is 1.04 bits per heavy atom. The van der Waals surface area contributed by atoms with E-state index in [0.717, 1.165) is 34.0 Å². The van der Waals surface area contributed by atoms with E-state index in [4.69, 9.17) is 0 Å². The fourth-order valence-corrected chi connectivity index (χ4v) is 8.48. The van der Waals surface area contributed by atoms with Crippen LogP contribution in [-0.2, 0) is 31.0 Å². The minimum atomic E-state index is -5.84. The molecule has 3 aromatic carbocycles. The summed E-state index contributed by atoms with van der Waals surface area (Å²) in [6.07, 6.45) is 2.42. The SMILES string of the molecule is CN(C)C(=O)CCN(C(=O)C1CCCN1C(=O)C(Cc1ccc(F)cc1)NC(=O)c1cc2cc(C(F)(F)P(=O)(O)O)ccc2s1)c1ccc(-c2nccs2)cc1. The van der Waals surface area contributed by atoms with Crippen molar-refractivity contribution in [1.29, 1.82) is 0 Å². The molecule has 3 N–H and O–H groups in total. The van der Waals surface area contributed by atoms with Gasteiger partial charge < -0.3 is 29.8 Å². The lowest BCUT2D eigenvalue weighted by atomic mass is 10.0. The zero-order valence-corrected chi connectivity index (χ0v) is 32.6. The van der Waals surface area contributed by atoms with E-state index >= 15 is 0 Å². The summed E-state index contributed by atoms with van der Waals surface area (Å²) in [5.41, 5.74) is -3.51. The summed E-state index contributed by atoms with van der Waals surface area (Å²) < 4.78 is 54.6. The van der Waals surface area contributed by atoms with E-state index in [1.54, 1.807) is 32.4 Å². The van der Waals surface area contributed by atoms with Crippen molar-refractivity contribution in [1.82, 2.24) is 20.1 Å². The molecule has 18 heteroatoms. The van der Waals surface area contributed by atoms with Crippen LogP contribution in [0.5, 0.6) is 0 Å². The summed E-state index contributed by atoms with van der Waals surface area (Å²) in [6.45, 7) is 0.229. The maximum Gasteiger partial charge on any atom is 0.399 e. The quantitative estimate of drug-likeness (QED) is 0.118. The van der Waals surface area contributed by atoms with Gasteiger partial charge >= 0.3 is 13.3 Å². The summed E-state index contributed by atoms with van der Waals surface area (Å²) >= 11 is 2.38. The van der Waals surface area contributed by atoms with E-state index in [9.17, 15) is 46.7 Å². The Bertz CT molecular complexity index is 2280. The van der Waals surface area contributed by atoms with Crippen LogP contribution in [0.25, 0.3) is 20.7 Å². The Balaban J connectivity index is 1.27. The maximum absolute atomic E-state index is 14.5. The fourth-order valence-electron chi connectivity index (χ4n) is 6.41. The average molecular weight is 828 g/mol.